The molecular formula is C13H20N2O2S. The topological polar surface area (TPSA) is 67.5 Å². The van der Waals surface area contributed by atoms with Crippen molar-refractivity contribution in [1.82, 2.24) is 5.32 Å². The Hall–Kier alpha value is -0.910. The summed E-state index contributed by atoms with van der Waals surface area (Å²) >= 11 is 1.60. The van der Waals surface area contributed by atoms with Crippen LogP contribution in [0.25, 0.3) is 0 Å². The lowest BCUT2D eigenvalue weighted by molar-refractivity contribution is 0.0339. The van der Waals surface area contributed by atoms with Crippen LogP contribution in [0.4, 0.5) is 5.69 Å². The van der Waals surface area contributed by atoms with Crippen LogP contribution in [-0.4, -0.2) is 36.7 Å². The van der Waals surface area contributed by atoms with Crippen LogP contribution in [0.5, 0.6) is 5.75 Å². The summed E-state index contributed by atoms with van der Waals surface area (Å²) in [4.78, 5) is 0.973. The second-order valence-corrected chi connectivity index (χ2v) is 5.68. The van der Waals surface area contributed by atoms with Crippen molar-refractivity contribution in [2.45, 2.75) is 23.3 Å². The summed E-state index contributed by atoms with van der Waals surface area (Å²) in [5.74, 6) is 1.47. The minimum atomic E-state index is -0.578. The first-order valence-electron chi connectivity index (χ1n) is 6.12. The number of hydrogen-bond acceptors (Lipinski definition) is 5. The third kappa shape index (κ3) is 3.31. The van der Waals surface area contributed by atoms with Gasteiger partial charge in [-0.15, -0.1) is 11.8 Å². The summed E-state index contributed by atoms with van der Waals surface area (Å²) in [6.45, 7) is 1.76. The van der Waals surface area contributed by atoms with E-state index in [0.717, 1.165) is 42.3 Å². The van der Waals surface area contributed by atoms with Crippen molar-refractivity contribution in [2.24, 2.45) is 0 Å². The SMILES string of the molecule is COc1ccc(N)c(SCC2(O)CCNCC2)c1. The Morgan fingerprint density at radius 2 is 2.17 bits per heavy atom. The van der Waals surface area contributed by atoms with Gasteiger partial charge in [-0.25, -0.2) is 0 Å². The molecule has 1 heterocycles. The van der Waals surface area contributed by atoms with E-state index >= 15 is 0 Å². The lowest BCUT2D eigenvalue weighted by atomic mass is 9.95. The molecule has 1 aromatic carbocycles. The van der Waals surface area contributed by atoms with Gasteiger partial charge >= 0.3 is 0 Å². The van der Waals surface area contributed by atoms with Gasteiger partial charge in [0, 0.05) is 16.3 Å². The van der Waals surface area contributed by atoms with Crippen molar-refractivity contribution < 1.29 is 9.84 Å². The molecular weight excluding hydrogens is 248 g/mol. The molecule has 1 saturated heterocycles. The fourth-order valence-electron chi connectivity index (χ4n) is 2.02. The monoisotopic (exact) mass is 268 g/mol. The summed E-state index contributed by atoms with van der Waals surface area (Å²) in [6.07, 6.45) is 1.59. The molecule has 5 heteroatoms. The molecule has 1 aliphatic heterocycles. The zero-order chi connectivity index (χ0) is 13.0. The summed E-state index contributed by atoms with van der Waals surface area (Å²) in [6, 6.07) is 5.61. The zero-order valence-corrected chi connectivity index (χ0v) is 11.4. The van der Waals surface area contributed by atoms with Gasteiger partial charge in [0.25, 0.3) is 0 Å². The van der Waals surface area contributed by atoms with E-state index in [1.807, 2.05) is 18.2 Å². The van der Waals surface area contributed by atoms with Crippen molar-refractivity contribution in [3.05, 3.63) is 18.2 Å². The Morgan fingerprint density at radius 1 is 1.44 bits per heavy atom. The molecule has 0 spiro atoms. The van der Waals surface area contributed by atoms with Crippen LogP contribution in [0.3, 0.4) is 0 Å². The molecule has 18 heavy (non-hydrogen) atoms. The van der Waals surface area contributed by atoms with Gasteiger partial charge in [0.05, 0.1) is 12.7 Å². The average Bonchev–Trinajstić information content (AvgIpc) is 2.39. The maximum atomic E-state index is 10.4. The molecule has 4 nitrogen and oxygen atoms in total. The van der Waals surface area contributed by atoms with Gasteiger partial charge in [-0.1, -0.05) is 0 Å². The summed E-state index contributed by atoms with van der Waals surface area (Å²) < 4.78 is 5.19. The van der Waals surface area contributed by atoms with Gasteiger partial charge < -0.3 is 20.9 Å². The van der Waals surface area contributed by atoms with E-state index in [4.69, 9.17) is 10.5 Å². The zero-order valence-electron chi connectivity index (χ0n) is 10.6. The molecule has 2 rings (SSSR count). The highest BCUT2D eigenvalue weighted by atomic mass is 32.2. The summed E-state index contributed by atoms with van der Waals surface area (Å²) in [5, 5.41) is 13.7. The fraction of sp³-hybridized carbons (Fsp3) is 0.538. The van der Waals surface area contributed by atoms with Crippen molar-refractivity contribution in [3.63, 3.8) is 0 Å². The number of anilines is 1. The number of nitrogens with two attached hydrogens (primary N) is 1. The first-order chi connectivity index (χ1) is 8.63. The smallest absolute Gasteiger partial charge is 0.120 e. The number of hydrogen-bond donors (Lipinski definition) is 3. The third-order valence-electron chi connectivity index (χ3n) is 3.25. The summed E-state index contributed by atoms with van der Waals surface area (Å²) in [5.41, 5.74) is 6.09. The first kappa shape index (κ1) is 13.5. The van der Waals surface area contributed by atoms with Crippen LogP contribution in [0.1, 0.15) is 12.8 Å². The van der Waals surface area contributed by atoms with E-state index in [0.29, 0.717) is 5.75 Å². The number of ether oxygens (including phenoxy) is 1. The maximum absolute atomic E-state index is 10.4. The molecule has 1 aromatic rings. The Morgan fingerprint density at radius 3 is 2.83 bits per heavy atom. The number of methoxy groups -OCH3 is 1. The highest BCUT2D eigenvalue weighted by Crippen LogP contribution is 2.33. The number of aliphatic hydroxyl groups is 1. The summed E-state index contributed by atoms with van der Waals surface area (Å²) in [7, 11) is 1.64. The molecule has 0 saturated carbocycles. The van der Waals surface area contributed by atoms with Gasteiger partial charge in [-0.3, -0.25) is 0 Å². The Labute approximate surface area is 112 Å². The van der Waals surface area contributed by atoms with Gasteiger partial charge in [-0.05, 0) is 44.1 Å². The normalized spacial score (nSPS) is 18.6. The number of thioether (sulfide) groups is 1. The minimum absolute atomic E-state index is 0.578. The number of piperidine rings is 1. The number of nitrogen functional groups attached to an aromatic ring is 1. The molecule has 100 valence electrons. The molecule has 0 aromatic heterocycles. The predicted molar refractivity (Wildman–Crippen MR) is 75.2 cm³/mol. The highest BCUT2D eigenvalue weighted by Gasteiger charge is 2.29. The molecule has 0 radical (unpaired) electrons. The minimum Gasteiger partial charge on any atom is -0.497 e. The molecule has 0 atom stereocenters. The van der Waals surface area contributed by atoms with E-state index in [-0.39, 0.29) is 0 Å². The molecule has 0 unspecified atom stereocenters. The lowest BCUT2D eigenvalue weighted by Gasteiger charge is -2.32. The van der Waals surface area contributed by atoms with Crippen LogP contribution >= 0.6 is 11.8 Å². The second kappa shape index (κ2) is 5.82. The van der Waals surface area contributed by atoms with Crippen LogP contribution in [0, 0.1) is 0 Å². The number of benzene rings is 1. The average molecular weight is 268 g/mol. The second-order valence-electron chi connectivity index (χ2n) is 4.67. The Kier molecular flexibility index (Phi) is 4.37. The van der Waals surface area contributed by atoms with Crippen LogP contribution in [0.2, 0.25) is 0 Å². The van der Waals surface area contributed by atoms with Crippen LogP contribution in [0.15, 0.2) is 23.1 Å². The third-order valence-corrected chi connectivity index (χ3v) is 4.60. The maximum Gasteiger partial charge on any atom is 0.120 e. The highest BCUT2D eigenvalue weighted by molar-refractivity contribution is 7.99. The molecule has 1 fully saturated rings. The van der Waals surface area contributed by atoms with E-state index in [1.165, 1.54) is 0 Å². The molecule has 0 aliphatic carbocycles. The predicted octanol–water partition coefficient (Wildman–Crippen LogP) is 1.48. The number of rotatable bonds is 4. The van der Waals surface area contributed by atoms with Crippen molar-refractivity contribution in [2.75, 3.05) is 31.7 Å². The fourth-order valence-corrected chi connectivity index (χ4v) is 3.16. The van der Waals surface area contributed by atoms with E-state index in [9.17, 15) is 5.11 Å². The molecule has 1 aliphatic rings. The largest absolute Gasteiger partial charge is 0.497 e. The van der Waals surface area contributed by atoms with Crippen molar-refractivity contribution in [1.29, 1.82) is 0 Å². The Balaban J connectivity index is 2.00. The van der Waals surface area contributed by atoms with Crippen LogP contribution in [-0.2, 0) is 0 Å². The molecule has 0 bridgehead atoms. The molecule has 4 N–H and O–H groups in total. The van der Waals surface area contributed by atoms with Crippen molar-refractivity contribution in [3.8, 4) is 5.75 Å². The first-order valence-corrected chi connectivity index (χ1v) is 7.11. The van der Waals surface area contributed by atoms with E-state index < -0.39 is 5.60 Å². The van der Waals surface area contributed by atoms with Gasteiger partial charge in [0.15, 0.2) is 0 Å². The lowest BCUT2D eigenvalue weighted by Crippen LogP contribution is -2.43. The van der Waals surface area contributed by atoms with Gasteiger partial charge in [-0.2, -0.15) is 0 Å². The van der Waals surface area contributed by atoms with E-state index in [2.05, 4.69) is 5.32 Å². The standard InChI is InChI=1S/C13H20N2O2S/c1-17-10-2-3-11(14)12(8-10)18-9-13(16)4-6-15-7-5-13/h2-3,8,15-16H,4-7,9,14H2,1H3. The van der Waals surface area contributed by atoms with Gasteiger partial charge in [0.2, 0.25) is 0 Å². The Bertz CT molecular complexity index is 406. The quantitative estimate of drug-likeness (QED) is 0.570. The van der Waals surface area contributed by atoms with Crippen LogP contribution < -0.4 is 15.8 Å². The molecule has 0 amide bonds. The van der Waals surface area contributed by atoms with E-state index in [1.54, 1.807) is 18.9 Å². The van der Waals surface area contributed by atoms with Gasteiger partial charge in [0.1, 0.15) is 5.75 Å². The number of nitrogens with one attached hydrogen (secondary N) is 1. The van der Waals surface area contributed by atoms with Crippen molar-refractivity contribution >= 4 is 17.4 Å².